The van der Waals surface area contributed by atoms with Crippen LogP contribution in [0, 0.1) is 5.92 Å². The van der Waals surface area contributed by atoms with Crippen LogP contribution >= 0.6 is 0 Å². The lowest BCUT2D eigenvalue weighted by atomic mass is 10.1. The Labute approximate surface area is 124 Å². The van der Waals surface area contributed by atoms with Gasteiger partial charge in [0.1, 0.15) is 4.90 Å². The highest BCUT2D eigenvalue weighted by Gasteiger charge is 2.35. The molecule has 2 aliphatic rings. The lowest BCUT2D eigenvalue weighted by Gasteiger charge is -2.24. The van der Waals surface area contributed by atoms with Crippen LogP contribution in [0.2, 0.25) is 0 Å². The first-order chi connectivity index (χ1) is 10.1. The molecule has 2 N–H and O–H groups in total. The van der Waals surface area contributed by atoms with Crippen LogP contribution in [-0.2, 0) is 14.8 Å². The van der Waals surface area contributed by atoms with Gasteiger partial charge in [-0.2, -0.15) is 5.10 Å². The smallest absolute Gasteiger partial charge is 0.243 e. The van der Waals surface area contributed by atoms with Crippen molar-refractivity contribution in [1.82, 2.24) is 19.8 Å². The van der Waals surface area contributed by atoms with E-state index in [1.165, 1.54) is 25.2 Å². The van der Waals surface area contributed by atoms with Crippen LogP contribution in [0.15, 0.2) is 17.3 Å². The predicted molar refractivity (Wildman–Crippen MR) is 75.9 cm³/mol. The highest BCUT2D eigenvalue weighted by Crippen LogP contribution is 2.29. The Kier molecular flexibility index (Phi) is 3.99. The molecule has 2 heterocycles. The van der Waals surface area contributed by atoms with Gasteiger partial charge in [-0.3, -0.25) is 9.89 Å². The number of carbonyl (C=O) groups is 1. The quantitative estimate of drug-likeness (QED) is 0.826. The van der Waals surface area contributed by atoms with Crippen molar-refractivity contribution in [2.45, 2.75) is 43.0 Å². The van der Waals surface area contributed by atoms with Gasteiger partial charge in [-0.25, -0.2) is 13.1 Å². The predicted octanol–water partition coefficient (Wildman–Crippen LogP) is 0.479. The maximum Gasteiger partial charge on any atom is 0.243 e. The minimum Gasteiger partial charge on any atom is -0.339 e. The summed E-state index contributed by atoms with van der Waals surface area (Å²) in [5, 5.41) is 6.12. The molecule has 0 unspecified atom stereocenters. The van der Waals surface area contributed by atoms with Gasteiger partial charge in [-0.05, 0) is 18.8 Å². The third kappa shape index (κ3) is 3.11. The van der Waals surface area contributed by atoms with Gasteiger partial charge in [0.25, 0.3) is 0 Å². The van der Waals surface area contributed by atoms with Gasteiger partial charge < -0.3 is 4.90 Å². The second-order valence-electron chi connectivity index (χ2n) is 5.84. The number of hydrogen-bond donors (Lipinski definition) is 2. The van der Waals surface area contributed by atoms with Gasteiger partial charge in [0, 0.05) is 31.7 Å². The van der Waals surface area contributed by atoms with Crippen LogP contribution in [-0.4, -0.2) is 48.6 Å². The molecule has 1 saturated heterocycles. The van der Waals surface area contributed by atoms with Crippen molar-refractivity contribution in [3.63, 3.8) is 0 Å². The van der Waals surface area contributed by atoms with Gasteiger partial charge in [0.05, 0.1) is 6.20 Å². The van der Waals surface area contributed by atoms with E-state index >= 15 is 0 Å². The van der Waals surface area contributed by atoms with E-state index in [9.17, 15) is 13.2 Å². The van der Waals surface area contributed by atoms with Crippen molar-refractivity contribution in [2.24, 2.45) is 5.92 Å². The summed E-state index contributed by atoms with van der Waals surface area (Å²) in [4.78, 5) is 14.1. The molecule has 3 rings (SSSR count). The summed E-state index contributed by atoms with van der Waals surface area (Å²) in [5.41, 5.74) is 0. The summed E-state index contributed by atoms with van der Waals surface area (Å²) in [5.74, 6) is 0.217. The standard InChI is InChI=1S/C13H20N4O3S/c18-13-5-10(9-17(13)11-3-1-2-4-11)6-16-21(19,20)12-7-14-15-8-12/h7-8,10-11,16H,1-6,9H2,(H,14,15)/t10-/m0/s1. The van der Waals surface area contributed by atoms with Gasteiger partial charge in [-0.1, -0.05) is 12.8 Å². The molecule has 2 fully saturated rings. The Morgan fingerprint density at radius 1 is 1.38 bits per heavy atom. The van der Waals surface area contributed by atoms with Crippen molar-refractivity contribution in [3.05, 3.63) is 12.4 Å². The average molecular weight is 312 g/mol. The number of aromatic nitrogens is 2. The number of H-pyrrole nitrogens is 1. The number of aromatic amines is 1. The fraction of sp³-hybridized carbons (Fsp3) is 0.692. The zero-order chi connectivity index (χ0) is 14.9. The molecule has 1 aliphatic heterocycles. The molecule has 116 valence electrons. The van der Waals surface area contributed by atoms with Gasteiger partial charge in [-0.15, -0.1) is 0 Å². The van der Waals surface area contributed by atoms with Crippen LogP contribution in [0.5, 0.6) is 0 Å². The van der Waals surface area contributed by atoms with Crippen molar-refractivity contribution >= 4 is 15.9 Å². The van der Waals surface area contributed by atoms with E-state index in [1.54, 1.807) is 0 Å². The van der Waals surface area contributed by atoms with Crippen LogP contribution in [0.3, 0.4) is 0 Å². The summed E-state index contributed by atoms with van der Waals surface area (Å²) in [6.45, 7) is 0.958. The topological polar surface area (TPSA) is 95.2 Å². The summed E-state index contributed by atoms with van der Waals surface area (Å²) in [6, 6.07) is 0.369. The Hall–Kier alpha value is -1.41. The maximum atomic E-state index is 12.1. The fourth-order valence-electron chi connectivity index (χ4n) is 3.21. The third-order valence-corrected chi connectivity index (χ3v) is 5.74. The molecule has 21 heavy (non-hydrogen) atoms. The molecule has 7 nitrogen and oxygen atoms in total. The Bertz CT molecular complexity index is 593. The molecular weight excluding hydrogens is 292 g/mol. The van der Waals surface area contributed by atoms with Crippen molar-refractivity contribution in [2.75, 3.05) is 13.1 Å². The van der Waals surface area contributed by atoms with Gasteiger partial charge in [0.2, 0.25) is 15.9 Å². The number of sulfonamides is 1. The largest absolute Gasteiger partial charge is 0.339 e. The number of nitrogens with one attached hydrogen (secondary N) is 2. The van der Waals surface area contributed by atoms with Crippen LogP contribution in [0.4, 0.5) is 0 Å². The van der Waals surface area contributed by atoms with E-state index in [1.807, 2.05) is 4.90 Å². The Morgan fingerprint density at radius 2 is 2.14 bits per heavy atom. The highest BCUT2D eigenvalue weighted by atomic mass is 32.2. The maximum absolute atomic E-state index is 12.1. The first-order valence-corrected chi connectivity index (χ1v) is 8.82. The van der Waals surface area contributed by atoms with E-state index in [0.717, 1.165) is 12.8 Å². The van der Waals surface area contributed by atoms with E-state index < -0.39 is 10.0 Å². The van der Waals surface area contributed by atoms with E-state index in [0.29, 0.717) is 25.6 Å². The van der Waals surface area contributed by atoms with Crippen molar-refractivity contribution < 1.29 is 13.2 Å². The molecule has 1 aromatic heterocycles. The third-order valence-electron chi connectivity index (χ3n) is 4.35. The number of hydrogen-bond acceptors (Lipinski definition) is 4. The number of nitrogens with zero attached hydrogens (tertiary/aromatic N) is 2. The molecule has 1 aromatic rings. The monoisotopic (exact) mass is 312 g/mol. The Morgan fingerprint density at radius 3 is 2.81 bits per heavy atom. The summed E-state index contributed by atoms with van der Waals surface area (Å²) in [6.07, 6.45) is 7.58. The molecule has 1 atom stereocenters. The lowest BCUT2D eigenvalue weighted by molar-refractivity contribution is -0.129. The molecule has 1 aliphatic carbocycles. The van der Waals surface area contributed by atoms with Crippen LogP contribution < -0.4 is 4.72 Å². The zero-order valence-electron chi connectivity index (χ0n) is 11.8. The van der Waals surface area contributed by atoms with Crippen LogP contribution in [0.25, 0.3) is 0 Å². The molecule has 1 saturated carbocycles. The molecule has 1 amide bonds. The number of rotatable bonds is 5. The molecule has 0 aromatic carbocycles. The molecule has 0 bridgehead atoms. The molecular formula is C13H20N4O3S. The molecule has 8 heteroatoms. The molecule has 0 spiro atoms. The summed E-state index contributed by atoms with van der Waals surface area (Å²) in [7, 11) is -3.53. The number of carbonyl (C=O) groups excluding carboxylic acids is 1. The Balaban J connectivity index is 1.56. The van der Waals surface area contributed by atoms with E-state index in [2.05, 4.69) is 14.9 Å². The second kappa shape index (κ2) is 5.76. The van der Waals surface area contributed by atoms with Crippen LogP contribution in [0.1, 0.15) is 32.1 Å². The highest BCUT2D eigenvalue weighted by molar-refractivity contribution is 7.89. The zero-order valence-corrected chi connectivity index (χ0v) is 12.6. The lowest BCUT2D eigenvalue weighted by Crippen LogP contribution is -2.36. The first kappa shape index (κ1) is 14.5. The van der Waals surface area contributed by atoms with Crippen molar-refractivity contribution in [3.8, 4) is 0 Å². The average Bonchev–Trinajstić information content (AvgIpc) is 3.18. The normalized spacial score (nSPS) is 24.1. The van der Waals surface area contributed by atoms with E-state index in [-0.39, 0.29) is 16.7 Å². The minimum atomic E-state index is -3.53. The van der Waals surface area contributed by atoms with Gasteiger partial charge in [0.15, 0.2) is 0 Å². The SMILES string of the molecule is O=C1C[C@@H](CNS(=O)(=O)c2cn[nH]c2)CN1C1CCCC1. The van der Waals surface area contributed by atoms with Gasteiger partial charge >= 0.3 is 0 Å². The van der Waals surface area contributed by atoms with E-state index in [4.69, 9.17) is 0 Å². The molecule has 0 radical (unpaired) electrons. The van der Waals surface area contributed by atoms with Crippen molar-refractivity contribution in [1.29, 1.82) is 0 Å². The second-order valence-corrected chi connectivity index (χ2v) is 7.61. The first-order valence-electron chi connectivity index (χ1n) is 7.34. The number of likely N-dealkylation sites (tertiary alicyclic amines) is 1. The summed E-state index contributed by atoms with van der Waals surface area (Å²) < 4.78 is 26.6. The summed E-state index contributed by atoms with van der Waals surface area (Å²) >= 11 is 0. The minimum absolute atomic E-state index is 0.0553. The number of amides is 1. The fourth-order valence-corrected chi connectivity index (χ4v) is 4.23.